The molecule has 1 aromatic rings. The van der Waals surface area contributed by atoms with E-state index in [9.17, 15) is 9.90 Å². The predicted octanol–water partition coefficient (Wildman–Crippen LogP) is 3.07. The fourth-order valence-electron chi connectivity index (χ4n) is 1.47. The molecule has 4 nitrogen and oxygen atoms in total. The van der Waals surface area contributed by atoms with Crippen molar-refractivity contribution in [3.8, 4) is 5.75 Å². The highest BCUT2D eigenvalue weighted by Crippen LogP contribution is 2.21. The van der Waals surface area contributed by atoms with Gasteiger partial charge in [0.15, 0.2) is 0 Å². The summed E-state index contributed by atoms with van der Waals surface area (Å²) in [7, 11) is 0. The van der Waals surface area contributed by atoms with Crippen LogP contribution >= 0.6 is 15.9 Å². The number of rotatable bonds is 5. The second-order valence-electron chi connectivity index (χ2n) is 4.15. The number of halogens is 1. The van der Waals surface area contributed by atoms with E-state index in [-0.39, 0.29) is 11.7 Å². The summed E-state index contributed by atoms with van der Waals surface area (Å²) in [6.07, 6.45) is 2.14. The van der Waals surface area contributed by atoms with Gasteiger partial charge in [0.2, 0.25) is 0 Å². The largest absolute Gasteiger partial charge is 0.507 e. The third-order valence-corrected chi connectivity index (χ3v) is 3.29. The second-order valence-corrected chi connectivity index (χ2v) is 5.07. The van der Waals surface area contributed by atoms with Crippen molar-refractivity contribution in [1.29, 1.82) is 0 Å². The Morgan fingerprint density at radius 3 is 2.78 bits per heavy atom. The molecule has 2 N–H and O–H groups in total. The Morgan fingerprint density at radius 1 is 1.56 bits per heavy atom. The summed E-state index contributed by atoms with van der Waals surface area (Å²) in [6.45, 7) is 3.77. The van der Waals surface area contributed by atoms with Gasteiger partial charge in [0.25, 0.3) is 0 Å². The molecule has 0 aliphatic rings. The molecule has 0 unspecified atom stereocenters. The minimum atomic E-state index is -0.949. The van der Waals surface area contributed by atoms with E-state index in [0.29, 0.717) is 5.56 Å². The van der Waals surface area contributed by atoms with Gasteiger partial charge in [0.1, 0.15) is 11.8 Å². The van der Waals surface area contributed by atoms with E-state index in [4.69, 9.17) is 5.11 Å². The van der Waals surface area contributed by atoms with E-state index in [1.54, 1.807) is 12.1 Å². The predicted molar refractivity (Wildman–Crippen MR) is 74.3 cm³/mol. The summed E-state index contributed by atoms with van der Waals surface area (Å²) in [5.74, 6) is -0.918. The van der Waals surface area contributed by atoms with Crippen LogP contribution in [0, 0.1) is 5.92 Å². The van der Waals surface area contributed by atoms with Gasteiger partial charge in [-0.2, -0.15) is 0 Å². The first-order valence-corrected chi connectivity index (χ1v) is 6.49. The number of aromatic hydroxyl groups is 1. The van der Waals surface area contributed by atoms with Gasteiger partial charge in [-0.15, -0.1) is 0 Å². The van der Waals surface area contributed by atoms with E-state index in [1.165, 1.54) is 12.3 Å². The molecule has 0 aliphatic heterocycles. The highest BCUT2D eigenvalue weighted by atomic mass is 79.9. The summed E-state index contributed by atoms with van der Waals surface area (Å²) in [6, 6.07) is 4.14. The second kappa shape index (κ2) is 6.54. The van der Waals surface area contributed by atoms with Crippen molar-refractivity contribution in [2.45, 2.75) is 26.3 Å². The number of aliphatic carboxylic acids is 1. The summed E-state index contributed by atoms with van der Waals surface area (Å²) in [5.41, 5.74) is 0.499. The van der Waals surface area contributed by atoms with Crippen molar-refractivity contribution >= 4 is 28.1 Å². The van der Waals surface area contributed by atoms with Crippen LogP contribution in [0.5, 0.6) is 5.75 Å². The van der Waals surface area contributed by atoms with Crippen molar-refractivity contribution in [2.75, 3.05) is 0 Å². The van der Waals surface area contributed by atoms with Crippen LogP contribution in [0.4, 0.5) is 0 Å². The molecule has 0 saturated carbocycles. The first-order valence-electron chi connectivity index (χ1n) is 5.70. The normalized spacial score (nSPS) is 14.6. The molecular formula is C13H16BrNO3. The van der Waals surface area contributed by atoms with Crippen molar-refractivity contribution < 1.29 is 15.0 Å². The van der Waals surface area contributed by atoms with E-state index in [0.717, 1.165) is 10.9 Å². The number of aliphatic imine (C=N–C) groups is 1. The van der Waals surface area contributed by atoms with Gasteiger partial charge >= 0.3 is 5.97 Å². The Hall–Kier alpha value is -1.36. The zero-order valence-corrected chi connectivity index (χ0v) is 11.9. The Bertz CT molecular complexity index is 460. The maximum atomic E-state index is 11.1. The first kappa shape index (κ1) is 14.7. The van der Waals surface area contributed by atoms with Crippen LogP contribution < -0.4 is 0 Å². The van der Waals surface area contributed by atoms with Crippen LogP contribution in [-0.2, 0) is 4.79 Å². The summed E-state index contributed by atoms with van der Waals surface area (Å²) in [4.78, 5) is 15.1. The van der Waals surface area contributed by atoms with E-state index in [1.807, 2.05) is 13.8 Å². The number of hydrogen-bond acceptors (Lipinski definition) is 3. The van der Waals surface area contributed by atoms with Crippen LogP contribution in [0.2, 0.25) is 0 Å². The number of hydrogen-bond donors (Lipinski definition) is 2. The molecule has 2 atom stereocenters. The fraction of sp³-hybridized carbons (Fsp3) is 0.385. The van der Waals surface area contributed by atoms with Crippen LogP contribution in [0.25, 0.3) is 0 Å². The standard InChI is InChI=1S/C13H16BrNO3/c1-3-8(2)12(13(17)18)15-7-9-6-10(14)4-5-11(9)16/h4-8,12,16H,3H2,1-2H3,(H,17,18)/t8-,12-/m0/s1. The SMILES string of the molecule is CC[C@H](C)[C@H](N=Cc1cc(Br)ccc1O)C(=O)O. The molecule has 0 fully saturated rings. The minimum Gasteiger partial charge on any atom is -0.507 e. The Morgan fingerprint density at radius 2 is 2.22 bits per heavy atom. The lowest BCUT2D eigenvalue weighted by Crippen LogP contribution is -2.25. The molecule has 0 bridgehead atoms. The smallest absolute Gasteiger partial charge is 0.328 e. The topological polar surface area (TPSA) is 69.9 Å². The molecule has 5 heteroatoms. The summed E-state index contributed by atoms with van der Waals surface area (Å²) >= 11 is 3.29. The molecular weight excluding hydrogens is 298 g/mol. The molecule has 0 aromatic heterocycles. The molecule has 0 spiro atoms. The number of benzene rings is 1. The zero-order valence-electron chi connectivity index (χ0n) is 10.3. The van der Waals surface area contributed by atoms with Crippen molar-refractivity contribution in [2.24, 2.45) is 10.9 Å². The molecule has 1 aromatic carbocycles. The molecule has 0 radical (unpaired) electrons. The number of phenols is 1. The Kier molecular flexibility index (Phi) is 5.34. The molecule has 0 saturated heterocycles. The minimum absolute atomic E-state index is 0.0481. The van der Waals surface area contributed by atoms with Gasteiger partial charge < -0.3 is 10.2 Å². The van der Waals surface area contributed by atoms with Gasteiger partial charge in [0.05, 0.1) is 0 Å². The number of nitrogens with zero attached hydrogens (tertiary/aromatic N) is 1. The third kappa shape index (κ3) is 3.84. The molecule has 0 amide bonds. The lowest BCUT2D eigenvalue weighted by atomic mass is 10.00. The Labute approximate surface area is 114 Å². The highest BCUT2D eigenvalue weighted by molar-refractivity contribution is 9.10. The molecule has 0 heterocycles. The zero-order chi connectivity index (χ0) is 13.7. The van der Waals surface area contributed by atoms with Gasteiger partial charge in [0, 0.05) is 16.3 Å². The average Bonchev–Trinajstić information content (AvgIpc) is 2.32. The molecule has 0 aliphatic carbocycles. The number of phenolic OH excluding ortho intramolecular Hbond substituents is 1. The van der Waals surface area contributed by atoms with Gasteiger partial charge in [-0.05, 0) is 24.1 Å². The van der Waals surface area contributed by atoms with Crippen LogP contribution in [0.1, 0.15) is 25.8 Å². The van der Waals surface area contributed by atoms with E-state index in [2.05, 4.69) is 20.9 Å². The van der Waals surface area contributed by atoms with E-state index >= 15 is 0 Å². The average molecular weight is 314 g/mol. The molecule has 1 rings (SSSR count). The van der Waals surface area contributed by atoms with E-state index < -0.39 is 12.0 Å². The number of carbonyl (C=O) groups is 1. The lowest BCUT2D eigenvalue weighted by molar-refractivity contribution is -0.139. The van der Waals surface area contributed by atoms with Crippen molar-refractivity contribution in [3.05, 3.63) is 28.2 Å². The summed E-state index contributed by atoms with van der Waals surface area (Å²) in [5, 5.41) is 18.7. The van der Waals surface area contributed by atoms with Gasteiger partial charge in [-0.25, -0.2) is 4.79 Å². The summed E-state index contributed by atoms with van der Waals surface area (Å²) < 4.78 is 0.803. The van der Waals surface area contributed by atoms with Crippen LogP contribution in [0.3, 0.4) is 0 Å². The van der Waals surface area contributed by atoms with Crippen LogP contribution in [0.15, 0.2) is 27.7 Å². The highest BCUT2D eigenvalue weighted by Gasteiger charge is 2.21. The number of carboxylic acid groups (broad SMARTS) is 1. The maximum absolute atomic E-state index is 11.1. The Balaban J connectivity index is 2.95. The van der Waals surface area contributed by atoms with Crippen LogP contribution in [-0.4, -0.2) is 28.4 Å². The first-order chi connectivity index (χ1) is 8.45. The van der Waals surface area contributed by atoms with Gasteiger partial charge in [-0.1, -0.05) is 36.2 Å². The fourth-order valence-corrected chi connectivity index (χ4v) is 1.85. The lowest BCUT2D eigenvalue weighted by Gasteiger charge is -2.13. The van der Waals surface area contributed by atoms with Gasteiger partial charge in [-0.3, -0.25) is 4.99 Å². The van der Waals surface area contributed by atoms with Crippen molar-refractivity contribution in [3.63, 3.8) is 0 Å². The molecule has 98 valence electrons. The monoisotopic (exact) mass is 313 g/mol. The third-order valence-electron chi connectivity index (χ3n) is 2.80. The molecule has 18 heavy (non-hydrogen) atoms. The number of carboxylic acids is 1. The van der Waals surface area contributed by atoms with Crippen molar-refractivity contribution in [1.82, 2.24) is 0 Å². The quantitative estimate of drug-likeness (QED) is 0.821. The maximum Gasteiger partial charge on any atom is 0.328 e.